The van der Waals surface area contributed by atoms with Crippen LogP contribution in [-0.4, -0.2) is 24.2 Å². The number of allylic oxidation sites excluding steroid dienone is 2. The van der Waals surface area contributed by atoms with E-state index in [0.717, 1.165) is 34.4 Å². The Morgan fingerprint density at radius 3 is 1.59 bits per heavy atom. The number of fused-ring (bicyclic) bond motifs is 2. The van der Waals surface area contributed by atoms with E-state index in [1.54, 1.807) is 19.8 Å². The van der Waals surface area contributed by atoms with Crippen LogP contribution in [0, 0.1) is 11.8 Å². The zero-order valence-corrected chi connectivity index (χ0v) is 22.3. The summed E-state index contributed by atoms with van der Waals surface area (Å²) in [4.78, 5) is 7.13. The molecule has 2 aliphatic carbocycles. The van der Waals surface area contributed by atoms with Gasteiger partial charge in [0.1, 0.15) is 11.5 Å². The van der Waals surface area contributed by atoms with Gasteiger partial charge in [-0.15, -0.1) is 0 Å². The molecule has 0 saturated heterocycles. The van der Waals surface area contributed by atoms with E-state index >= 15 is 0 Å². The zero-order chi connectivity index (χ0) is 25.2. The third-order valence-corrected chi connectivity index (χ3v) is 9.02. The number of aromatic amines is 2. The number of ether oxygens (including phenoxy) is 2. The van der Waals surface area contributed by atoms with E-state index in [4.69, 9.17) is 9.47 Å². The molecule has 2 aromatic carbocycles. The van der Waals surface area contributed by atoms with Crippen molar-refractivity contribution in [2.24, 2.45) is 11.8 Å². The Bertz CT molecular complexity index is 1280. The normalized spacial score (nSPS) is 17.5. The van der Waals surface area contributed by atoms with Gasteiger partial charge in [0.2, 0.25) is 0 Å². The fraction of sp³-hybridized carbons (Fsp3) is 0.455. The molecule has 4 nitrogen and oxygen atoms in total. The van der Waals surface area contributed by atoms with Crippen LogP contribution in [0.15, 0.2) is 60.4 Å². The van der Waals surface area contributed by atoms with Crippen LogP contribution in [0.25, 0.3) is 21.8 Å². The van der Waals surface area contributed by atoms with Crippen molar-refractivity contribution in [2.75, 3.05) is 14.2 Å². The molecule has 0 radical (unpaired) electrons. The fourth-order valence-electron chi connectivity index (χ4n) is 7.03. The van der Waals surface area contributed by atoms with E-state index in [1.807, 2.05) is 12.1 Å². The Morgan fingerprint density at radius 1 is 0.703 bits per heavy atom. The Hall–Kier alpha value is -3.14. The van der Waals surface area contributed by atoms with Crippen LogP contribution in [-0.2, 0) is 0 Å². The van der Waals surface area contributed by atoms with E-state index in [0.29, 0.717) is 0 Å². The first-order chi connectivity index (χ1) is 18.2. The van der Waals surface area contributed by atoms with Crippen LogP contribution in [0.3, 0.4) is 0 Å². The van der Waals surface area contributed by atoms with Gasteiger partial charge in [0.05, 0.1) is 14.2 Å². The third-order valence-electron chi connectivity index (χ3n) is 9.02. The van der Waals surface area contributed by atoms with Gasteiger partial charge in [-0.3, -0.25) is 0 Å². The number of hydrogen-bond acceptors (Lipinski definition) is 2. The molecule has 0 bridgehead atoms. The molecule has 2 N–H and O–H groups in total. The first-order valence-corrected chi connectivity index (χ1v) is 14.3. The van der Waals surface area contributed by atoms with Gasteiger partial charge in [-0.1, -0.05) is 50.2 Å². The number of nitrogens with one attached hydrogen (secondary N) is 2. The number of methoxy groups -OCH3 is 2. The number of H-pyrrole nitrogens is 2. The lowest BCUT2D eigenvalue weighted by Crippen LogP contribution is -2.19. The van der Waals surface area contributed by atoms with Crippen LogP contribution >= 0.6 is 0 Å². The van der Waals surface area contributed by atoms with Crippen LogP contribution in [0.1, 0.15) is 81.3 Å². The third kappa shape index (κ3) is 4.79. The Labute approximate surface area is 220 Å². The molecule has 0 atom stereocenters. The summed E-state index contributed by atoms with van der Waals surface area (Å²) in [5, 5.41) is 2.48. The Morgan fingerprint density at radius 2 is 1.16 bits per heavy atom. The fourth-order valence-corrected chi connectivity index (χ4v) is 7.03. The molecule has 0 unspecified atom stereocenters. The van der Waals surface area contributed by atoms with Gasteiger partial charge in [0, 0.05) is 40.1 Å². The minimum absolute atomic E-state index is 0.153. The molecule has 4 heteroatoms. The molecular formula is C33H40N2O2. The average molecular weight is 497 g/mol. The second-order valence-corrected chi connectivity index (χ2v) is 11.1. The predicted octanol–water partition coefficient (Wildman–Crippen LogP) is 8.89. The van der Waals surface area contributed by atoms with Crippen molar-refractivity contribution >= 4 is 21.8 Å². The second kappa shape index (κ2) is 10.7. The molecule has 2 fully saturated rings. The molecular weight excluding hydrogens is 456 g/mol. The number of benzene rings is 2. The van der Waals surface area contributed by atoms with Crippen LogP contribution < -0.4 is 9.47 Å². The molecule has 194 valence electrons. The smallest absolute Gasteiger partial charge is 0.119 e. The molecule has 2 aliphatic rings. The van der Waals surface area contributed by atoms with Gasteiger partial charge in [0.15, 0.2) is 0 Å². The summed E-state index contributed by atoms with van der Waals surface area (Å²) in [5.41, 5.74) is 6.69. The standard InChI is InChI=1S/C33H40N2O2/c1-36-24-13-15-32-28(17-24)30(20-34-32)27(31-21-35-33-16-14-25(37-2)18-29(31)33)19-26(22-9-5-3-6-10-22)23-11-7-4-8-12-23/h13-23,27,34-35H,3-12H2,1-2H3. The van der Waals surface area contributed by atoms with Gasteiger partial charge in [-0.2, -0.15) is 0 Å². The molecule has 0 amide bonds. The maximum atomic E-state index is 5.64. The average Bonchev–Trinajstić information content (AvgIpc) is 3.58. The summed E-state index contributed by atoms with van der Waals surface area (Å²) in [5.74, 6) is 3.39. The van der Waals surface area contributed by atoms with Crippen molar-refractivity contribution in [3.05, 3.63) is 71.6 Å². The highest BCUT2D eigenvalue weighted by molar-refractivity contribution is 5.90. The predicted molar refractivity (Wildman–Crippen MR) is 153 cm³/mol. The van der Waals surface area contributed by atoms with E-state index in [2.05, 4.69) is 52.7 Å². The highest BCUT2D eigenvalue weighted by Gasteiger charge is 2.29. The largest absolute Gasteiger partial charge is 0.497 e. The van der Waals surface area contributed by atoms with Gasteiger partial charge >= 0.3 is 0 Å². The summed E-state index contributed by atoms with van der Waals surface area (Å²) in [7, 11) is 3.50. The molecule has 37 heavy (non-hydrogen) atoms. The Balaban J connectivity index is 1.55. The lowest BCUT2D eigenvalue weighted by atomic mass is 9.72. The summed E-state index contributed by atoms with van der Waals surface area (Å²) in [6.45, 7) is 0. The van der Waals surface area contributed by atoms with Crippen molar-refractivity contribution in [3.63, 3.8) is 0 Å². The summed E-state index contributed by atoms with van der Waals surface area (Å²) in [6, 6.07) is 12.7. The van der Waals surface area contributed by atoms with Gasteiger partial charge < -0.3 is 19.4 Å². The summed E-state index contributed by atoms with van der Waals surface area (Å²) < 4.78 is 11.3. The molecule has 6 rings (SSSR count). The van der Waals surface area contributed by atoms with E-state index in [-0.39, 0.29) is 5.92 Å². The number of aromatic nitrogens is 2. The number of hydrogen-bond donors (Lipinski definition) is 2. The maximum absolute atomic E-state index is 5.64. The second-order valence-electron chi connectivity index (χ2n) is 11.1. The topological polar surface area (TPSA) is 50.0 Å². The molecule has 4 aromatic rings. The van der Waals surface area contributed by atoms with E-state index in [1.165, 1.54) is 86.1 Å². The lowest BCUT2D eigenvalue weighted by Gasteiger charge is -2.33. The minimum atomic E-state index is 0.153. The summed E-state index contributed by atoms with van der Waals surface area (Å²) >= 11 is 0. The number of rotatable bonds is 7. The van der Waals surface area contributed by atoms with Crippen LogP contribution in [0.4, 0.5) is 0 Å². The molecule has 2 aromatic heterocycles. The zero-order valence-electron chi connectivity index (χ0n) is 22.3. The minimum Gasteiger partial charge on any atom is -0.497 e. The lowest BCUT2D eigenvalue weighted by molar-refractivity contribution is 0.325. The highest BCUT2D eigenvalue weighted by Crippen LogP contribution is 2.44. The monoisotopic (exact) mass is 496 g/mol. The molecule has 2 heterocycles. The Kier molecular flexibility index (Phi) is 6.99. The molecule has 0 aliphatic heterocycles. The molecule has 2 saturated carbocycles. The van der Waals surface area contributed by atoms with Crippen molar-refractivity contribution in [3.8, 4) is 11.5 Å². The van der Waals surface area contributed by atoms with Crippen molar-refractivity contribution in [1.82, 2.24) is 9.97 Å². The first kappa shape index (κ1) is 24.2. The van der Waals surface area contributed by atoms with Crippen molar-refractivity contribution in [2.45, 2.75) is 70.1 Å². The summed E-state index contributed by atoms with van der Waals surface area (Å²) in [6.07, 6.45) is 20.8. The quantitative estimate of drug-likeness (QED) is 0.251. The van der Waals surface area contributed by atoms with E-state index in [9.17, 15) is 0 Å². The van der Waals surface area contributed by atoms with Gasteiger partial charge in [0.25, 0.3) is 0 Å². The van der Waals surface area contributed by atoms with Gasteiger partial charge in [-0.05, 0) is 85.0 Å². The highest BCUT2D eigenvalue weighted by atomic mass is 16.5. The van der Waals surface area contributed by atoms with Crippen LogP contribution in [0.2, 0.25) is 0 Å². The first-order valence-electron chi connectivity index (χ1n) is 14.3. The van der Waals surface area contributed by atoms with Crippen molar-refractivity contribution in [1.29, 1.82) is 0 Å². The maximum Gasteiger partial charge on any atom is 0.119 e. The van der Waals surface area contributed by atoms with Crippen molar-refractivity contribution < 1.29 is 9.47 Å². The van der Waals surface area contributed by atoms with Gasteiger partial charge in [-0.25, -0.2) is 0 Å². The molecule has 0 spiro atoms. The van der Waals surface area contributed by atoms with Crippen LogP contribution in [0.5, 0.6) is 11.5 Å². The SMILES string of the molecule is COc1ccc2[nH]cc(C(C=C(C3CCCCC3)C3CCCCC3)c3c[nH]c4ccc(OC)cc34)c2c1. The van der Waals surface area contributed by atoms with E-state index < -0.39 is 0 Å².